The number of benzene rings is 1. The van der Waals surface area contributed by atoms with Gasteiger partial charge < -0.3 is 9.64 Å². The summed E-state index contributed by atoms with van der Waals surface area (Å²) in [5.74, 6) is 0. The summed E-state index contributed by atoms with van der Waals surface area (Å²) in [7, 11) is -2.41. The first kappa shape index (κ1) is 25.5. The maximum absolute atomic E-state index is 13.5. The normalized spacial score (nSPS) is 15.5. The molecule has 0 amide bonds. The molecule has 0 radical (unpaired) electrons. The zero-order valence-electron chi connectivity index (χ0n) is 17.2. The number of rotatable bonds is 11. The standard InChI is InChI=1S/C18H28Br2N4O5S/c1-15-13-16(24(25)26)14-17(18(15)23(5-3-19)6-4-20)30(27,28)21(2)7-8-22-9-11-29-12-10-22/h13-14H,3-12H2,1-2H3. The topological polar surface area (TPSA) is 96.2 Å². The molecule has 1 saturated heterocycles. The first-order valence-corrected chi connectivity index (χ1v) is 13.3. The summed E-state index contributed by atoms with van der Waals surface area (Å²) in [6.45, 7) is 6.53. The molecule has 0 N–H and O–H groups in total. The average molecular weight is 572 g/mol. The summed E-state index contributed by atoms with van der Waals surface area (Å²) in [6, 6.07) is 2.61. The van der Waals surface area contributed by atoms with Gasteiger partial charge in [0.15, 0.2) is 0 Å². The van der Waals surface area contributed by atoms with Crippen LogP contribution < -0.4 is 4.90 Å². The Bertz CT molecular complexity index is 828. The summed E-state index contributed by atoms with van der Waals surface area (Å²) in [6.07, 6.45) is 0. The molecular formula is C18H28Br2N4O5S. The van der Waals surface area contributed by atoms with Crippen LogP contribution in [-0.2, 0) is 14.8 Å². The molecule has 30 heavy (non-hydrogen) atoms. The van der Waals surface area contributed by atoms with Crippen LogP contribution >= 0.6 is 31.9 Å². The molecule has 1 aliphatic heterocycles. The van der Waals surface area contributed by atoms with Gasteiger partial charge >= 0.3 is 0 Å². The molecule has 1 heterocycles. The Kier molecular flexibility index (Phi) is 9.95. The molecule has 0 saturated carbocycles. The van der Waals surface area contributed by atoms with E-state index < -0.39 is 14.9 Å². The van der Waals surface area contributed by atoms with Gasteiger partial charge in [0.05, 0.1) is 23.8 Å². The highest BCUT2D eigenvalue weighted by molar-refractivity contribution is 9.09. The predicted octanol–water partition coefficient (Wildman–Crippen LogP) is 2.45. The Hall–Kier alpha value is -0.790. The van der Waals surface area contributed by atoms with Crippen molar-refractivity contribution in [1.29, 1.82) is 0 Å². The number of nitrogens with zero attached hydrogens (tertiary/aromatic N) is 4. The molecule has 12 heteroatoms. The molecule has 0 unspecified atom stereocenters. The molecule has 0 aliphatic carbocycles. The monoisotopic (exact) mass is 570 g/mol. The molecule has 1 aromatic rings. The number of nitro groups is 1. The van der Waals surface area contributed by atoms with Crippen molar-refractivity contribution in [2.75, 3.05) is 75.1 Å². The van der Waals surface area contributed by atoms with Gasteiger partial charge in [0, 0.05) is 69.1 Å². The van der Waals surface area contributed by atoms with E-state index >= 15 is 0 Å². The van der Waals surface area contributed by atoms with Crippen molar-refractivity contribution in [2.24, 2.45) is 0 Å². The molecule has 0 spiro atoms. The lowest BCUT2D eigenvalue weighted by Gasteiger charge is -2.30. The van der Waals surface area contributed by atoms with Crippen LogP contribution in [0.5, 0.6) is 0 Å². The minimum Gasteiger partial charge on any atom is -0.379 e. The number of non-ortho nitro benzene ring substituents is 1. The molecule has 0 bridgehead atoms. The highest BCUT2D eigenvalue weighted by Crippen LogP contribution is 2.35. The Labute approximate surface area is 194 Å². The van der Waals surface area contributed by atoms with Gasteiger partial charge in [-0.2, -0.15) is 4.31 Å². The van der Waals surface area contributed by atoms with Crippen LogP contribution in [0.25, 0.3) is 0 Å². The third kappa shape index (κ3) is 6.36. The number of likely N-dealkylation sites (N-methyl/N-ethyl adjacent to an activating group) is 1. The zero-order chi connectivity index (χ0) is 22.3. The number of alkyl halides is 2. The van der Waals surface area contributed by atoms with E-state index in [-0.39, 0.29) is 10.6 Å². The quantitative estimate of drug-likeness (QED) is 0.229. The smallest absolute Gasteiger partial charge is 0.271 e. The number of halogens is 2. The summed E-state index contributed by atoms with van der Waals surface area (Å²) >= 11 is 6.82. The van der Waals surface area contributed by atoms with E-state index in [9.17, 15) is 18.5 Å². The summed E-state index contributed by atoms with van der Waals surface area (Å²) < 4.78 is 33.6. The molecule has 9 nitrogen and oxygen atoms in total. The fraction of sp³-hybridized carbons (Fsp3) is 0.667. The Morgan fingerprint density at radius 1 is 1.17 bits per heavy atom. The molecule has 1 aliphatic rings. The van der Waals surface area contributed by atoms with Crippen molar-refractivity contribution in [3.8, 4) is 0 Å². The van der Waals surface area contributed by atoms with Crippen LogP contribution in [0.15, 0.2) is 17.0 Å². The van der Waals surface area contributed by atoms with Crippen molar-refractivity contribution < 1.29 is 18.1 Å². The van der Waals surface area contributed by atoms with Gasteiger partial charge in [-0.3, -0.25) is 15.0 Å². The summed E-state index contributed by atoms with van der Waals surface area (Å²) in [5, 5.41) is 12.7. The second kappa shape index (κ2) is 11.7. The van der Waals surface area contributed by atoms with E-state index in [1.165, 1.54) is 23.5 Å². The molecule has 1 aromatic carbocycles. The van der Waals surface area contributed by atoms with E-state index in [1.54, 1.807) is 6.92 Å². The van der Waals surface area contributed by atoms with E-state index in [0.717, 1.165) is 13.1 Å². The molecule has 1 fully saturated rings. The fourth-order valence-electron chi connectivity index (χ4n) is 3.37. The van der Waals surface area contributed by atoms with Crippen molar-refractivity contribution >= 4 is 53.3 Å². The van der Waals surface area contributed by atoms with Gasteiger partial charge in [-0.05, 0) is 12.5 Å². The number of nitro benzene ring substituents is 1. The summed E-state index contributed by atoms with van der Waals surface area (Å²) in [5.41, 5.74) is 0.845. The van der Waals surface area contributed by atoms with Gasteiger partial charge in [0.1, 0.15) is 4.90 Å². The Morgan fingerprint density at radius 3 is 2.30 bits per heavy atom. The maximum atomic E-state index is 13.5. The van der Waals surface area contributed by atoms with E-state index in [1.807, 2.05) is 4.90 Å². The average Bonchev–Trinajstić information content (AvgIpc) is 2.72. The van der Waals surface area contributed by atoms with Crippen molar-refractivity contribution in [1.82, 2.24) is 9.21 Å². The van der Waals surface area contributed by atoms with E-state index in [2.05, 4.69) is 36.8 Å². The minimum absolute atomic E-state index is 0.0272. The second-order valence-electron chi connectivity index (χ2n) is 7.01. The third-order valence-corrected chi connectivity index (χ3v) is 7.59. The first-order chi connectivity index (χ1) is 14.2. The van der Waals surface area contributed by atoms with E-state index in [0.29, 0.717) is 61.3 Å². The van der Waals surface area contributed by atoms with Crippen molar-refractivity contribution in [3.05, 3.63) is 27.8 Å². The van der Waals surface area contributed by atoms with E-state index in [4.69, 9.17) is 4.74 Å². The van der Waals surface area contributed by atoms with Crippen molar-refractivity contribution in [3.63, 3.8) is 0 Å². The molecule has 170 valence electrons. The number of hydrogen-bond donors (Lipinski definition) is 0. The predicted molar refractivity (Wildman–Crippen MR) is 125 cm³/mol. The van der Waals surface area contributed by atoms with Crippen LogP contribution in [0.1, 0.15) is 5.56 Å². The lowest BCUT2D eigenvalue weighted by molar-refractivity contribution is -0.385. The first-order valence-electron chi connectivity index (χ1n) is 9.64. The van der Waals surface area contributed by atoms with Gasteiger partial charge in [-0.15, -0.1) is 0 Å². The minimum atomic E-state index is -3.93. The lowest BCUT2D eigenvalue weighted by Crippen LogP contribution is -2.42. The van der Waals surface area contributed by atoms with Gasteiger partial charge in [0.25, 0.3) is 5.69 Å². The van der Waals surface area contributed by atoms with Gasteiger partial charge in [-0.1, -0.05) is 31.9 Å². The third-order valence-electron chi connectivity index (χ3n) is 5.01. The number of anilines is 1. The highest BCUT2D eigenvalue weighted by Gasteiger charge is 2.30. The Morgan fingerprint density at radius 2 is 1.77 bits per heavy atom. The lowest BCUT2D eigenvalue weighted by atomic mass is 10.1. The largest absolute Gasteiger partial charge is 0.379 e. The van der Waals surface area contributed by atoms with Crippen LogP contribution in [0.3, 0.4) is 0 Å². The second-order valence-corrected chi connectivity index (χ2v) is 10.6. The molecule has 0 atom stereocenters. The molecule has 2 rings (SSSR count). The van der Waals surface area contributed by atoms with Crippen LogP contribution in [0.4, 0.5) is 11.4 Å². The molecular weight excluding hydrogens is 544 g/mol. The number of hydrogen-bond acceptors (Lipinski definition) is 7. The summed E-state index contributed by atoms with van der Waals surface area (Å²) in [4.78, 5) is 14.9. The van der Waals surface area contributed by atoms with Crippen LogP contribution in [0, 0.1) is 17.0 Å². The van der Waals surface area contributed by atoms with Crippen LogP contribution in [-0.4, -0.2) is 92.7 Å². The number of sulfonamides is 1. The number of aryl methyl sites for hydroxylation is 1. The maximum Gasteiger partial charge on any atom is 0.271 e. The fourth-order valence-corrected chi connectivity index (χ4v) is 5.69. The van der Waals surface area contributed by atoms with Crippen molar-refractivity contribution in [2.45, 2.75) is 11.8 Å². The van der Waals surface area contributed by atoms with Crippen LogP contribution in [0.2, 0.25) is 0 Å². The van der Waals surface area contributed by atoms with Gasteiger partial charge in [0.2, 0.25) is 10.0 Å². The van der Waals surface area contributed by atoms with Gasteiger partial charge in [-0.25, -0.2) is 8.42 Å². The SMILES string of the molecule is Cc1cc([N+](=O)[O-])cc(S(=O)(=O)N(C)CCN2CCOCC2)c1N(CCBr)CCBr. The number of ether oxygens (including phenoxy) is 1. The molecule has 0 aromatic heterocycles. The zero-order valence-corrected chi connectivity index (χ0v) is 21.2. The Balaban J connectivity index is 2.42. The number of morpholine rings is 1. The highest BCUT2D eigenvalue weighted by atomic mass is 79.9.